The Morgan fingerprint density at radius 3 is 2.81 bits per heavy atom. The molecule has 1 aliphatic carbocycles. The number of rotatable bonds is 4. The van der Waals surface area contributed by atoms with Gasteiger partial charge in [-0.1, -0.05) is 19.3 Å². The molecule has 0 saturated heterocycles. The first-order valence-electron chi connectivity index (χ1n) is 6.41. The van der Waals surface area contributed by atoms with Gasteiger partial charge in [-0.25, -0.2) is 4.98 Å². The monoisotopic (exact) mass is 238 g/mol. The maximum absolute atomic E-state index is 4.53. The number of aryl methyl sites for hydroxylation is 1. The maximum atomic E-state index is 4.53. The molecule has 2 rings (SSSR count). The van der Waals surface area contributed by atoms with Crippen molar-refractivity contribution in [3.63, 3.8) is 0 Å². The molecule has 3 heteroatoms. The summed E-state index contributed by atoms with van der Waals surface area (Å²) < 4.78 is 0. The van der Waals surface area contributed by atoms with Gasteiger partial charge in [-0.3, -0.25) is 0 Å². The Hall–Kier alpha value is -0.410. The predicted molar refractivity (Wildman–Crippen MR) is 69.8 cm³/mol. The van der Waals surface area contributed by atoms with Gasteiger partial charge in [0, 0.05) is 11.1 Å². The van der Waals surface area contributed by atoms with Crippen LogP contribution in [0.3, 0.4) is 0 Å². The van der Waals surface area contributed by atoms with Gasteiger partial charge >= 0.3 is 0 Å². The first kappa shape index (κ1) is 12.1. The lowest BCUT2D eigenvalue weighted by atomic mass is 9.89. The Kier molecular flexibility index (Phi) is 4.36. The molecule has 1 unspecified atom stereocenters. The molecule has 0 spiro atoms. The number of thiazole rings is 1. The molecule has 1 heterocycles. The van der Waals surface area contributed by atoms with E-state index in [0.29, 0.717) is 6.04 Å². The van der Waals surface area contributed by atoms with Gasteiger partial charge in [-0.2, -0.15) is 0 Å². The third kappa shape index (κ3) is 3.29. The summed E-state index contributed by atoms with van der Waals surface area (Å²) in [6.07, 6.45) is 7.12. The predicted octanol–water partition coefficient (Wildman–Crippen LogP) is 3.68. The van der Waals surface area contributed by atoms with Crippen LogP contribution < -0.4 is 5.32 Å². The Labute approximate surface area is 102 Å². The van der Waals surface area contributed by atoms with Crippen LogP contribution in [0.1, 0.15) is 55.8 Å². The summed E-state index contributed by atoms with van der Waals surface area (Å²) in [5, 5.41) is 6.99. The van der Waals surface area contributed by atoms with Crippen LogP contribution in [0.5, 0.6) is 0 Å². The highest BCUT2D eigenvalue weighted by molar-refractivity contribution is 7.09. The van der Waals surface area contributed by atoms with Crippen LogP contribution >= 0.6 is 11.3 Å². The van der Waals surface area contributed by atoms with Crippen molar-refractivity contribution in [1.29, 1.82) is 0 Å². The van der Waals surface area contributed by atoms with Crippen molar-refractivity contribution >= 4 is 11.3 Å². The van der Waals surface area contributed by atoms with E-state index in [0.717, 1.165) is 11.6 Å². The van der Waals surface area contributed by atoms with E-state index >= 15 is 0 Å². The second-order valence-electron chi connectivity index (χ2n) is 4.96. The van der Waals surface area contributed by atoms with Crippen LogP contribution in [0.15, 0.2) is 5.38 Å². The summed E-state index contributed by atoms with van der Waals surface area (Å²) in [5.74, 6) is 0.900. The summed E-state index contributed by atoms with van der Waals surface area (Å²) in [4.78, 5) is 4.53. The Bertz CT molecular complexity index is 315. The fourth-order valence-corrected chi connectivity index (χ4v) is 3.22. The Morgan fingerprint density at radius 1 is 1.44 bits per heavy atom. The Morgan fingerprint density at radius 2 is 2.19 bits per heavy atom. The number of nitrogens with zero attached hydrogens (tertiary/aromatic N) is 1. The molecule has 0 aromatic carbocycles. The third-order valence-corrected chi connectivity index (χ3v) is 4.59. The Balaban J connectivity index is 1.76. The van der Waals surface area contributed by atoms with Crippen molar-refractivity contribution < 1.29 is 0 Å². The van der Waals surface area contributed by atoms with Crippen molar-refractivity contribution in [3.05, 3.63) is 16.1 Å². The van der Waals surface area contributed by atoms with Gasteiger partial charge in [0.05, 0.1) is 6.04 Å². The zero-order valence-corrected chi connectivity index (χ0v) is 11.1. The largest absolute Gasteiger partial charge is 0.308 e. The minimum atomic E-state index is 0.417. The quantitative estimate of drug-likeness (QED) is 0.865. The standard InChI is InChI=1S/C13H22N2S/c1-10-9-16-13(15-10)11(2)14-8-12-6-4-3-5-7-12/h9,11-12,14H,3-8H2,1-2H3. The van der Waals surface area contributed by atoms with Crippen molar-refractivity contribution in [2.75, 3.05) is 6.54 Å². The molecule has 0 amide bonds. The second-order valence-corrected chi connectivity index (χ2v) is 5.85. The lowest BCUT2D eigenvalue weighted by Gasteiger charge is -2.23. The molecule has 1 aromatic heterocycles. The van der Waals surface area contributed by atoms with Gasteiger partial charge in [0.2, 0.25) is 0 Å². The van der Waals surface area contributed by atoms with Crippen molar-refractivity contribution in [2.24, 2.45) is 5.92 Å². The average molecular weight is 238 g/mol. The van der Waals surface area contributed by atoms with Gasteiger partial charge < -0.3 is 5.32 Å². The zero-order valence-electron chi connectivity index (χ0n) is 10.3. The van der Waals surface area contributed by atoms with Crippen LogP contribution in [-0.2, 0) is 0 Å². The molecule has 0 bridgehead atoms. The van der Waals surface area contributed by atoms with Gasteiger partial charge in [0.15, 0.2) is 0 Å². The van der Waals surface area contributed by atoms with Crippen LogP contribution in [-0.4, -0.2) is 11.5 Å². The summed E-state index contributed by atoms with van der Waals surface area (Å²) in [6, 6.07) is 0.417. The lowest BCUT2D eigenvalue weighted by molar-refractivity contribution is 0.331. The van der Waals surface area contributed by atoms with Gasteiger partial charge in [0.1, 0.15) is 5.01 Å². The average Bonchev–Trinajstić information content (AvgIpc) is 2.74. The van der Waals surface area contributed by atoms with E-state index in [1.165, 1.54) is 43.7 Å². The van der Waals surface area contributed by atoms with E-state index in [1.807, 2.05) is 0 Å². The smallest absolute Gasteiger partial charge is 0.110 e. The molecular weight excluding hydrogens is 216 g/mol. The van der Waals surface area contributed by atoms with Gasteiger partial charge in [0.25, 0.3) is 0 Å². The van der Waals surface area contributed by atoms with Crippen LogP contribution in [0.4, 0.5) is 0 Å². The number of hydrogen-bond acceptors (Lipinski definition) is 3. The molecule has 1 atom stereocenters. The molecule has 16 heavy (non-hydrogen) atoms. The van der Waals surface area contributed by atoms with Crippen LogP contribution in [0.2, 0.25) is 0 Å². The molecule has 1 saturated carbocycles. The first-order chi connectivity index (χ1) is 7.75. The van der Waals surface area contributed by atoms with Gasteiger partial charge in [-0.05, 0) is 39.2 Å². The molecule has 0 aliphatic heterocycles. The summed E-state index contributed by atoms with van der Waals surface area (Å²) in [5.41, 5.74) is 1.14. The summed E-state index contributed by atoms with van der Waals surface area (Å²) >= 11 is 1.77. The molecule has 1 fully saturated rings. The lowest BCUT2D eigenvalue weighted by Crippen LogP contribution is -2.27. The highest BCUT2D eigenvalue weighted by Crippen LogP contribution is 2.24. The summed E-state index contributed by atoms with van der Waals surface area (Å²) in [6.45, 7) is 5.45. The van der Waals surface area contributed by atoms with Crippen LogP contribution in [0.25, 0.3) is 0 Å². The number of nitrogens with one attached hydrogen (secondary N) is 1. The minimum Gasteiger partial charge on any atom is -0.308 e. The van der Waals surface area contributed by atoms with Gasteiger partial charge in [-0.15, -0.1) is 11.3 Å². The molecule has 1 N–H and O–H groups in total. The third-order valence-electron chi connectivity index (χ3n) is 3.44. The molecule has 1 aliphatic rings. The molecule has 2 nitrogen and oxygen atoms in total. The summed E-state index contributed by atoms with van der Waals surface area (Å²) in [7, 11) is 0. The van der Waals surface area contributed by atoms with E-state index in [-0.39, 0.29) is 0 Å². The normalized spacial score (nSPS) is 19.9. The van der Waals surface area contributed by atoms with E-state index in [1.54, 1.807) is 11.3 Å². The first-order valence-corrected chi connectivity index (χ1v) is 7.29. The second kappa shape index (κ2) is 5.78. The molecule has 1 aromatic rings. The van der Waals surface area contributed by atoms with E-state index in [9.17, 15) is 0 Å². The van der Waals surface area contributed by atoms with Crippen molar-refractivity contribution in [1.82, 2.24) is 10.3 Å². The fourth-order valence-electron chi connectivity index (χ4n) is 2.39. The number of hydrogen-bond donors (Lipinski definition) is 1. The SMILES string of the molecule is Cc1csc(C(C)NCC2CCCCC2)n1. The molecule has 0 radical (unpaired) electrons. The molecule has 90 valence electrons. The highest BCUT2D eigenvalue weighted by Gasteiger charge is 2.15. The molecular formula is C13H22N2S. The fraction of sp³-hybridized carbons (Fsp3) is 0.769. The van der Waals surface area contributed by atoms with E-state index in [4.69, 9.17) is 0 Å². The maximum Gasteiger partial charge on any atom is 0.110 e. The van der Waals surface area contributed by atoms with E-state index < -0.39 is 0 Å². The zero-order chi connectivity index (χ0) is 11.4. The van der Waals surface area contributed by atoms with E-state index in [2.05, 4.69) is 29.5 Å². The topological polar surface area (TPSA) is 24.9 Å². The van der Waals surface area contributed by atoms with Crippen LogP contribution in [0, 0.1) is 12.8 Å². The number of aromatic nitrogens is 1. The van der Waals surface area contributed by atoms with Crippen molar-refractivity contribution in [3.8, 4) is 0 Å². The van der Waals surface area contributed by atoms with Crippen molar-refractivity contribution in [2.45, 2.75) is 52.0 Å². The minimum absolute atomic E-state index is 0.417. The highest BCUT2D eigenvalue weighted by atomic mass is 32.1.